The van der Waals surface area contributed by atoms with Crippen LogP contribution in [0.1, 0.15) is 74.6 Å². The number of anilines is 12. The van der Waals surface area contributed by atoms with Gasteiger partial charge in [0.15, 0.2) is 23.3 Å². The number of alkyl halides is 12. The van der Waals surface area contributed by atoms with Crippen molar-refractivity contribution in [3.05, 3.63) is 359 Å². The summed E-state index contributed by atoms with van der Waals surface area (Å²) < 4.78 is 211. The lowest BCUT2D eigenvalue weighted by atomic mass is 10.1. The molecule has 4 aromatic carbocycles. The number of nitrogens with one attached hydrogen (secondary N) is 8. The van der Waals surface area contributed by atoms with Crippen molar-refractivity contribution in [2.24, 2.45) is 20.4 Å². The number of aryl methyl sites for hydroxylation is 2. The van der Waals surface area contributed by atoms with Gasteiger partial charge in [0.1, 0.15) is 22.8 Å². The standard InChI is InChI=1S/2C24H19F4N7O.C24H19F4N7.C23H17F4N7/c25-20-14-31-23(34-22(20)21-7-4-15(8-9-36)11-30-21)35-32-13-18-5-6-19(12-29-18)33-17-3-1-2-16(10-17)24(26,27)28;25-21-14-31-23(34-22(21)15-4-5-17(8-9-36)29-11-15)35-32-13-19-6-7-20(12-30-19)33-18-3-1-2-16(10-18)24(26,27)28;1-2-16-6-4-8-21(33-16)22-20(25)14-30-23(34-22)35-31-13-18-9-10-19(12-29-18)32-17-7-3-5-15(11-17)24(26,27)28;1-14-4-2-7-20(31-14)21-19(24)13-29-22(33-21)34-30-12-17-8-9-18(11-28-17)32-16-6-3-5-15(10-16)23(25,26)27/h2*1-7,10-14,33,36H,8-9H2,(H,31,34,35);3-14,32H,2H2,1H3,(H,30,34,35);2-13,32H,1H3,(H,29,33,34)/b2*32-13+;31-13+;30-12+. The number of aliphatic hydroxyl groups is 2. The van der Waals surface area contributed by atoms with Gasteiger partial charge >= 0.3 is 24.7 Å². The number of hydrogen-bond acceptors (Lipinski definition) is 30. The van der Waals surface area contributed by atoms with Gasteiger partial charge in [0, 0.05) is 77.4 Å². The van der Waals surface area contributed by atoms with Crippen molar-refractivity contribution in [3.8, 4) is 45.4 Å². The van der Waals surface area contributed by atoms with E-state index >= 15 is 0 Å². The quantitative estimate of drug-likeness (QED) is 0.0118. The Morgan fingerprint density at radius 2 is 0.631 bits per heavy atom. The summed E-state index contributed by atoms with van der Waals surface area (Å²) in [7, 11) is 0. The van der Waals surface area contributed by atoms with E-state index in [1.54, 1.807) is 110 Å². The second-order valence-electron chi connectivity index (χ2n) is 29.3. The van der Waals surface area contributed by atoms with Crippen LogP contribution in [0.25, 0.3) is 45.4 Å². The van der Waals surface area contributed by atoms with E-state index in [0.29, 0.717) is 93.1 Å². The number of rotatable bonds is 29. The second kappa shape index (κ2) is 47.2. The molecule has 141 heavy (non-hydrogen) atoms. The van der Waals surface area contributed by atoms with Gasteiger partial charge in [-0.3, -0.25) is 39.9 Å². The van der Waals surface area contributed by atoms with Crippen LogP contribution >= 0.6 is 0 Å². The fourth-order valence-electron chi connectivity index (χ4n) is 12.2. The van der Waals surface area contributed by atoms with Crippen LogP contribution < -0.4 is 43.0 Å². The number of hydrogen-bond donors (Lipinski definition) is 10. The summed E-state index contributed by atoms with van der Waals surface area (Å²) in [6.07, 6.45) is 2.25. The molecule has 0 atom stereocenters. The van der Waals surface area contributed by atoms with Gasteiger partial charge in [-0.25, -0.2) is 79.1 Å². The van der Waals surface area contributed by atoms with Gasteiger partial charge in [0.2, 0.25) is 23.8 Å². The molecule has 0 aliphatic rings. The van der Waals surface area contributed by atoms with Crippen LogP contribution in [0.3, 0.4) is 0 Å². The van der Waals surface area contributed by atoms with Gasteiger partial charge in [0.25, 0.3) is 0 Å². The van der Waals surface area contributed by atoms with Gasteiger partial charge in [0.05, 0.1) is 159 Å². The fraction of sp³-hybridized carbons (Fsp3) is 0.116. The number of hydrazone groups is 4. The molecule has 16 aromatic rings. The van der Waals surface area contributed by atoms with Gasteiger partial charge < -0.3 is 31.5 Å². The summed E-state index contributed by atoms with van der Waals surface area (Å²) in [5.74, 6) is -2.28. The fourth-order valence-corrected chi connectivity index (χ4v) is 12.2. The van der Waals surface area contributed by atoms with Crippen molar-refractivity contribution in [1.82, 2.24) is 79.7 Å². The molecule has 46 heteroatoms. The second-order valence-corrected chi connectivity index (χ2v) is 29.3. The number of aromatic nitrogens is 16. The summed E-state index contributed by atoms with van der Waals surface area (Å²) >= 11 is 0. The molecule has 0 radical (unpaired) electrons. The normalized spacial score (nSPS) is 11.6. The Labute approximate surface area is 789 Å². The average molecular weight is 1940 g/mol. The Hall–Kier alpha value is -17.7. The molecule has 0 fully saturated rings. The van der Waals surface area contributed by atoms with Gasteiger partial charge in [-0.1, -0.05) is 49.4 Å². The van der Waals surface area contributed by atoms with E-state index in [1.165, 1.54) is 111 Å². The molecule has 16 rings (SSSR count). The summed E-state index contributed by atoms with van der Waals surface area (Å²) in [5.41, 5.74) is 17.0. The lowest BCUT2D eigenvalue weighted by Gasteiger charge is -2.10. The number of halogens is 16. The molecule has 0 unspecified atom stereocenters. The highest BCUT2D eigenvalue weighted by Crippen LogP contribution is 2.37. The lowest BCUT2D eigenvalue weighted by Crippen LogP contribution is -2.05. The molecule has 0 spiro atoms. The zero-order valence-electron chi connectivity index (χ0n) is 73.1. The molecule has 0 bridgehead atoms. The summed E-state index contributed by atoms with van der Waals surface area (Å²) in [6.45, 7) is 3.69. The van der Waals surface area contributed by atoms with Crippen LogP contribution in [0, 0.1) is 30.2 Å². The first kappa shape index (κ1) is 101. The van der Waals surface area contributed by atoms with E-state index in [4.69, 9.17) is 10.2 Å². The lowest BCUT2D eigenvalue weighted by molar-refractivity contribution is -0.138. The third-order valence-electron chi connectivity index (χ3n) is 19.0. The first-order valence-electron chi connectivity index (χ1n) is 41.6. The molecule has 0 aliphatic heterocycles. The van der Waals surface area contributed by atoms with Crippen molar-refractivity contribution in [3.63, 3.8) is 0 Å². The molecule has 718 valence electrons. The topological polar surface area (TPSA) is 392 Å². The SMILES string of the molecule is CCc1cccc(-c2nc(N/N=C/c3ccc(Nc4cccc(C(F)(F)F)c4)cn3)ncc2F)n1.Cc1cccc(-c2nc(N/N=C/c3ccc(Nc4cccc(C(F)(F)F)c4)cn3)ncc2F)n1.OCCc1ccc(-c2nc(N/N=C/c3ccc(Nc4cccc(C(F)(F)F)c4)cn3)ncc2F)cn1.OCCc1ccc(-c2nc(N/N=C/c3ccc(Nc4cccc(C(F)(F)F)c4)cn3)ncc2F)nc1. The minimum absolute atomic E-state index is 0.0126. The van der Waals surface area contributed by atoms with E-state index in [9.17, 15) is 70.2 Å². The van der Waals surface area contributed by atoms with E-state index in [2.05, 4.69) is 143 Å². The van der Waals surface area contributed by atoms with Gasteiger partial charge in [-0.15, -0.1) is 0 Å². The van der Waals surface area contributed by atoms with Crippen LogP contribution in [-0.4, -0.2) is 128 Å². The smallest absolute Gasteiger partial charge is 0.396 e. The van der Waals surface area contributed by atoms with Crippen LogP contribution in [-0.2, 0) is 44.0 Å². The molecular weight excluding hydrogens is 1870 g/mol. The minimum Gasteiger partial charge on any atom is -0.396 e. The molecule has 10 N–H and O–H groups in total. The largest absolute Gasteiger partial charge is 0.416 e. The van der Waals surface area contributed by atoms with E-state index < -0.39 is 70.2 Å². The van der Waals surface area contributed by atoms with E-state index in [1.807, 2.05) is 13.0 Å². The summed E-state index contributed by atoms with van der Waals surface area (Å²) in [5, 5.41) is 45.4. The van der Waals surface area contributed by atoms with E-state index in [0.717, 1.165) is 90.3 Å². The van der Waals surface area contributed by atoms with Crippen molar-refractivity contribution < 1.29 is 80.5 Å². The monoisotopic (exact) mass is 1940 g/mol. The number of benzene rings is 4. The Morgan fingerprint density at radius 1 is 0.291 bits per heavy atom. The Kier molecular flexibility index (Phi) is 33.7. The summed E-state index contributed by atoms with van der Waals surface area (Å²) in [4.78, 5) is 65.6. The Bertz CT molecular complexity index is 6810. The molecule has 12 aromatic heterocycles. The Balaban J connectivity index is 0.000000158. The number of nitrogens with zero attached hydrogens (tertiary/aromatic N) is 20. The maximum absolute atomic E-state index is 14.2. The molecule has 0 saturated heterocycles. The molecule has 0 aliphatic carbocycles. The van der Waals surface area contributed by atoms with Gasteiger partial charge in [-0.2, -0.15) is 73.1 Å². The maximum Gasteiger partial charge on any atom is 0.416 e. The van der Waals surface area contributed by atoms with Crippen LogP contribution in [0.2, 0.25) is 0 Å². The highest BCUT2D eigenvalue weighted by Gasteiger charge is 2.34. The highest BCUT2D eigenvalue weighted by molar-refractivity contribution is 5.81. The zero-order valence-corrected chi connectivity index (χ0v) is 73.1. The number of pyridine rings is 8. The third kappa shape index (κ3) is 30.1. The predicted octanol–water partition coefficient (Wildman–Crippen LogP) is 21.1. The Morgan fingerprint density at radius 3 is 0.943 bits per heavy atom. The molecule has 0 amide bonds. The molecule has 0 saturated carbocycles. The predicted molar refractivity (Wildman–Crippen MR) is 497 cm³/mol. The first-order valence-corrected chi connectivity index (χ1v) is 41.6. The van der Waals surface area contributed by atoms with Crippen LogP contribution in [0.4, 0.5) is 140 Å². The average Bonchev–Trinajstić information content (AvgIpc) is 0.831. The first-order chi connectivity index (χ1) is 67.7. The van der Waals surface area contributed by atoms with Gasteiger partial charge in [-0.05, 0) is 189 Å². The zero-order chi connectivity index (χ0) is 100. The van der Waals surface area contributed by atoms with E-state index in [-0.39, 0.29) is 82.5 Å². The molecular formula is C95H74F16N28O2. The third-order valence-corrected chi connectivity index (χ3v) is 19.0. The van der Waals surface area contributed by atoms with Crippen molar-refractivity contribution in [2.75, 3.05) is 56.2 Å². The van der Waals surface area contributed by atoms with Crippen molar-refractivity contribution >= 4 is 94.2 Å². The minimum atomic E-state index is -4.43. The van der Waals surface area contributed by atoms with Crippen LogP contribution in [0.5, 0.6) is 0 Å². The van der Waals surface area contributed by atoms with Crippen molar-refractivity contribution in [1.29, 1.82) is 0 Å². The molecule has 30 nitrogen and oxygen atoms in total. The van der Waals surface area contributed by atoms with Crippen LogP contribution in [0.15, 0.2) is 289 Å². The highest BCUT2D eigenvalue weighted by atomic mass is 19.4. The maximum atomic E-state index is 14.2. The summed E-state index contributed by atoms with van der Waals surface area (Å²) in [6, 6.07) is 49.6. The van der Waals surface area contributed by atoms with Crippen molar-refractivity contribution in [2.45, 2.75) is 57.8 Å². The number of aliphatic hydroxyl groups excluding tert-OH is 2. The molecule has 12 heterocycles.